The highest BCUT2D eigenvalue weighted by Gasteiger charge is 2.25. The Morgan fingerprint density at radius 3 is 2.56 bits per heavy atom. The van der Waals surface area contributed by atoms with E-state index in [1.165, 1.54) is 11.8 Å². The van der Waals surface area contributed by atoms with E-state index in [0.29, 0.717) is 34.1 Å². The van der Waals surface area contributed by atoms with Gasteiger partial charge in [-0.2, -0.15) is 0 Å². The summed E-state index contributed by atoms with van der Waals surface area (Å²) >= 11 is 13.6. The molecule has 1 N–H and O–H groups in total. The standard InChI is InChI=1S/C22H23Cl2N5O2S/c1-14-3-6-17(7-4-14)29-21(28-9-11-31-12-10-28)26-27-22(29)32-15(2)20(30)25-19-13-16(23)5-8-18(19)24/h3-8,13,15H,9-12H2,1-2H3,(H,25,30). The van der Waals surface area contributed by atoms with Crippen molar-refractivity contribution < 1.29 is 9.53 Å². The summed E-state index contributed by atoms with van der Waals surface area (Å²) in [6.45, 7) is 6.61. The minimum absolute atomic E-state index is 0.203. The number of nitrogens with zero attached hydrogens (tertiary/aromatic N) is 4. The topological polar surface area (TPSA) is 72.3 Å². The van der Waals surface area contributed by atoms with Crippen molar-refractivity contribution >= 4 is 52.5 Å². The van der Waals surface area contributed by atoms with Crippen LogP contribution < -0.4 is 10.2 Å². The molecule has 1 aliphatic rings. The smallest absolute Gasteiger partial charge is 0.237 e. The van der Waals surface area contributed by atoms with Gasteiger partial charge in [-0.15, -0.1) is 10.2 Å². The van der Waals surface area contributed by atoms with Gasteiger partial charge in [-0.3, -0.25) is 9.36 Å². The largest absolute Gasteiger partial charge is 0.378 e. The molecule has 168 valence electrons. The molecule has 2 aromatic carbocycles. The Bertz CT molecular complexity index is 1100. The molecular weight excluding hydrogens is 469 g/mol. The number of halogens is 2. The second-order valence-corrected chi connectivity index (χ2v) is 9.58. The Morgan fingerprint density at radius 2 is 1.84 bits per heavy atom. The van der Waals surface area contributed by atoms with E-state index in [-0.39, 0.29) is 5.91 Å². The number of aryl methyl sites for hydroxylation is 1. The van der Waals surface area contributed by atoms with Crippen LogP contribution in [0.5, 0.6) is 0 Å². The molecule has 1 atom stereocenters. The van der Waals surface area contributed by atoms with E-state index in [4.69, 9.17) is 27.9 Å². The van der Waals surface area contributed by atoms with Crippen LogP contribution in [0.3, 0.4) is 0 Å². The van der Waals surface area contributed by atoms with Gasteiger partial charge in [0.1, 0.15) is 0 Å². The quantitative estimate of drug-likeness (QED) is 0.497. The van der Waals surface area contributed by atoms with Crippen LogP contribution in [0, 0.1) is 6.92 Å². The van der Waals surface area contributed by atoms with Gasteiger partial charge in [0, 0.05) is 18.1 Å². The normalized spacial score (nSPS) is 14.9. The highest BCUT2D eigenvalue weighted by Crippen LogP contribution is 2.31. The molecule has 0 radical (unpaired) electrons. The summed E-state index contributed by atoms with van der Waals surface area (Å²) in [6.07, 6.45) is 0. The van der Waals surface area contributed by atoms with Gasteiger partial charge >= 0.3 is 0 Å². The van der Waals surface area contributed by atoms with Crippen molar-refractivity contribution in [2.75, 3.05) is 36.5 Å². The van der Waals surface area contributed by atoms with Gasteiger partial charge in [-0.1, -0.05) is 52.7 Å². The third-order valence-electron chi connectivity index (χ3n) is 5.04. The van der Waals surface area contributed by atoms with Gasteiger partial charge in [-0.05, 0) is 44.2 Å². The van der Waals surface area contributed by atoms with Gasteiger partial charge in [0.05, 0.1) is 34.9 Å². The van der Waals surface area contributed by atoms with Crippen LogP contribution in [0.15, 0.2) is 47.6 Å². The second kappa shape index (κ2) is 10.1. The fourth-order valence-corrected chi connectivity index (χ4v) is 4.47. The first-order chi connectivity index (χ1) is 15.4. The number of carbonyl (C=O) groups excluding carboxylic acids is 1. The molecule has 1 amide bonds. The molecular formula is C22H23Cl2N5O2S. The summed E-state index contributed by atoms with van der Waals surface area (Å²) < 4.78 is 7.47. The Kier molecular flexibility index (Phi) is 7.25. The lowest BCUT2D eigenvalue weighted by atomic mass is 10.2. The van der Waals surface area contributed by atoms with Crippen LogP contribution >= 0.6 is 35.0 Å². The molecule has 1 unspecified atom stereocenters. The molecule has 7 nitrogen and oxygen atoms in total. The highest BCUT2D eigenvalue weighted by atomic mass is 35.5. The Morgan fingerprint density at radius 1 is 1.12 bits per heavy atom. The van der Waals surface area contributed by atoms with Gasteiger partial charge < -0.3 is 15.0 Å². The van der Waals surface area contributed by atoms with E-state index in [0.717, 1.165) is 30.3 Å². The maximum atomic E-state index is 12.9. The molecule has 1 fully saturated rings. The first-order valence-electron chi connectivity index (χ1n) is 10.2. The molecule has 10 heteroatoms. The highest BCUT2D eigenvalue weighted by molar-refractivity contribution is 8.00. The van der Waals surface area contributed by atoms with Crippen molar-refractivity contribution in [3.8, 4) is 5.69 Å². The Balaban J connectivity index is 1.59. The summed E-state index contributed by atoms with van der Waals surface area (Å²) in [6, 6.07) is 13.1. The van der Waals surface area contributed by atoms with E-state index in [9.17, 15) is 4.79 Å². The van der Waals surface area contributed by atoms with Crippen LogP contribution in [0.4, 0.5) is 11.6 Å². The van der Waals surface area contributed by atoms with E-state index in [1.54, 1.807) is 18.2 Å². The van der Waals surface area contributed by atoms with Crippen molar-refractivity contribution in [1.29, 1.82) is 0 Å². The van der Waals surface area contributed by atoms with E-state index in [1.807, 2.05) is 42.7 Å². The van der Waals surface area contributed by atoms with Gasteiger partial charge in [-0.25, -0.2) is 0 Å². The molecule has 0 spiro atoms. The fourth-order valence-electron chi connectivity index (χ4n) is 3.27. The number of nitrogens with one attached hydrogen (secondary N) is 1. The average molecular weight is 492 g/mol. The first kappa shape index (κ1) is 22.9. The molecule has 32 heavy (non-hydrogen) atoms. The molecule has 3 aromatic rings. The van der Waals surface area contributed by atoms with Crippen molar-refractivity contribution in [1.82, 2.24) is 14.8 Å². The zero-order valence-corrected chi connectivity index (χ0v) is 20.0. The summed E-state index contributed by atoms with van der Waals surface area (Å²) in [7, 11) is 0. The predicted octanol–water partition coefficient (Wildman–Crippen LogP) is 4.84. The molecule has 0 bridgehead atoms. The number of ether oxygens (including phenoxy) is 1. The zero-order chi connectivity index (χ0) is 22.7. The Labute approximate surface area is 201 Å². The molecule has 4 rings (SSSR count). The van der Waals surface area contributed by atoms with E-state index in [2.05, 4.69) is 20.4 Å². The summed E-state index contributed by atoms with van der Waals surface area (Å²) in [5.41, 5.74) is 2.58. The number of thioether (sulfide) groups is 1. The lowest BCUT2D eigenvalue weighted by Gasteiger charge is -2.28. The van der Waals surface area contributed by atoms with Gasteiger partial charge in [0.15, 0.2) is 5.16 Å². The lowest BCUT2D eigenvalue weighted by Crippen LogP contribution is -2.38. The molecule has 1 saturated heterocycles. The minimum Gasteiger partial charge on any atom is -0.378 e. The summed E-state index contributed by atoms with van der Waals surface area (Å²) in [5.74, 6) is 0.538. The van der Waals surface area contributed by atoms with Crippen molar-refractivity contribution in [2.45, 2.75) is 24.3 Å². The van der Waals surface area contributed by atoms with Crippen LogP contribution in [0.1, 0.15) is 12.5 Å². The number of morpholine rings is 1. The van der Waals surface area contributed by atoms with Gasteiger partial charge in [0.25, 0.3) is 0 Å². The van der Waals surface area contributed by atoms with Crippen molar-refractivity contribution in [3.63, 3.8) is 0 Å². The SMILES string of the molecule is Cc1ccc(-n2c(SC(C)C(=O)Nc3cc(Cl)ccc3Cl)nnc2N2CCOCC2)cc1. The first-order valence-corrected chi connectivity index (χ1v) is 11.8. The minimum atomic E-state index is -0.448. The number of benzene rings is 2. The molecule has 2 heterocycles. The summed E-state index contributed by atoms with van der Waals surface area (Å²) in [4.78, 5) is 15.0. The molecule has 1 aliphatic heterocycles. The monoisotopic (exact) mass is 491 g/mol. The maximum absolute atomic E-state index is 12.9. The number of hydrogen-bond donors (Lipinski definition) is 1. The van der Waals surface area contributed by atoms with Crippen molar-refractivity contribution in [2.24, 2.45) is 0 Å². The third-order valence-corrected chi connectivity index (χ3v) is 6.65. The lowest BCUT2D eigenvalue weighted by molar-refractivity contribution is -0.115. The number of amides is 1. The maximum Gasteiger partial charge on any atom is 0.237 e. The number of aromatic nitrogens is 3. The van der Waals surface area contributed by atoms with Crippen molar-refractivity contribution in [3.05, 3.63) is 58.1 Å². The number of rotatable bonds is 6. The van der Waals surface area contributed by atoms with Crippen LogP contribution in [0.2, 0.25) is 10.0 Å². The third kappa shape index (κ3) is 5.20. The number of hydrogen-bond acceptors (Lipinski definition) is 6. The molecule has 1 aromatic heterocycles. The van der Waals surface area contributed by atoms with E-state index >= 15 is 0 Å². The van der Waals surface area contributed by atoms with Crippen LogP contribution in [0.25, 0.3) is 5.69 Å². The van der Waals surface area contributed by atoms with Gasteiger partial charge in [0.2, 0.25) is 11.9 Å². The predicted molar refractivity (Wildman–Crippen MR) is 130 cm³/mol. The molecule has 0 aliphatic carbocycles. The molecule has 0 saturated carbocycles. The number of carbonyl (C=O) groups is 1. The second-order valence-electron chi connectivity index (χ2n) is 7.43. The van der Waals surface area contributed by atoms with Crippen LogP contribution in [-0.2, 0) is 9.53 Å². The Hall–Kier alpha value is -2.26. The zero-order valence-electron chi connectivity index (χ0n) is 17.7. The van der Waals surface area contributed by atoms with E-state index < -0.39 is 5.25 Å². The fraction of sp³-hybridized carbons (Fsp3) is 0.318. The number of anilines is 2. The summed E-state index contributed by atoms with van der Waals surface area (Å²) in [5, 5.41) is 12.8. The van der Waals surface area contributed by atoms with Crippen LogP contribution in [-0.4, -0.2) is 52.2 Å². The average Bonchev–Trinajstić information content (AvgIpc) is 3.20.